The van der Waals surface area contributed by atoms with E-state index in [1.54, 1.807) is 37.0 Å². The van der Waals surface area contributed by atoms with E-state index < -0.39 is 16.8 Å². The minimum atomic E-state index is -0.618. The molecule has 0 saturated carbocycles. The fraction of sp³-hybridized carbons (Fsp3) is 0.378. The number of hydrogen-bond donors (Lipinski definition) is 1. The number of carbonyl (C=O) groups is 1. The molecule has 0 radical (unpaired) electrons. The van der Waals surface area contributed by atoms with Crippen LogP contribution >= 0.6 is 0 Å². The molecule has 2 bridgehead atoms. The Balaban J connectivity index is 1.37. The van der Waals surface area contributed by atoms with Crippen LogP contribution in [0.3, 0.4) is 0 Å². The molecule has 2 atom stereocenters. The van der Waals surface area contributed by atoms with Crippen LogP contribution in [0.4, 0.5) is 10.6 Å². The van der Waals surface area contributed by atoms with E-state index in [1.165, 1.54) is 0 Å². The summed E-state index contributed by atoms with van der Waals surface area (Å²) in [7, 11) is 3.16. The Kier molecular flexibility index (Phi) is 7.84. The Hall–Kier alpha value is -5.39. The molecule has 2 saturated heterocycles. The van der Waals surface area contributed by atoms with Crippen molar-refractivity contribution in [3.8, 4) is 28.5 Å². The molecule has 7 rings (SSSR count). The molecule has 0 spiro atoms. The Morgan fingerprint density at radius 2 is 1.84 bits per heavy atom. The summed E-state index contributed by atoms with van der Waals surface area (Å²) in [5.74, 6) is 1.70. The molecule has 1 N–H and O–H groups in total. The van der Waals surface area contributed by atoms with E-state index in [2.05, 4.69) is 21.9 Å². The lowest BCUT2D eigenvalue weighted by Crippen LogP contribution is -2.63. The second kappa shape index (κ2) is 11.9. The Bertz CT molecular complexity index is 2160. The van der Waals surface area contributed by atoms with E-state index in [0.717, 1.165) is 29.2 Å². The maximum atomic E-state index is 14.1. The topological polar surface area (TPSA) is 132 Å². The summed E-state index contributed by atoms with van der Waals surface area (Å²) in [6, 6.07) is 18.2. The van der Waals surface area contributed by atoms with Crippen LogP contribution in [0.15, 0.2) is 65.5 Å². The van der Waals surface area contributed by atoms with Gasteiger partial charge < -0.3 is 24.2 Å². The predicted molar refractivity (Wildman–Crippen MR) is 187 cm³/mol. The van der Waals surface area contributed by atoms with Crippen molar-refractivity contribution >= 4 is 33.7 Å². The zero-order valence-electron chi connectivity index (χ0n) is 28.6. The fourth-order valence-corrected chi connectivity index (χ4v) is 7.29. The van der Waals surface area contributed by atoms with Crippen molar-refractivity contribution in [3.05, 3.63) is 76.7 Å². The molecule has 12 heteroatoms. The summed E-state index contributed by atoms with van der Waals surface area (Å²) in [6.07, 6.45) is 1.26. The fourth-order valence-electron chi connectivity index (χ4n) is 7.29. The molecular formula is C37H40N6O6. The zero-order chi connectivity index (χ0) is 34.7. The summed E-state index contributed by atoms with van der Waals surface area (Å²) < 4.78 is 18.4. The van der Waals surface area contributed by atoms with Crippen molar-refractivity contribution < 1.29 is 24.1 Å². The number of hydrogen-bond acceptors (Lipinski definition) is 10. The number of piperazine rings is 1. The lowest BCUT2D eigenvalue weighted by atomic mass is 9.98. The van der Waals surface area contributed by atoms with Gasteiger partial charge in [-0.1, -0.05) is 24.3 Å². The van der Waals surface area contributed by atoms with E-state index >= 15 is 0 Å². The number of aromatic nitrogens is 4. The van der Waals surface area contributed by atoms with Gasteiger partial charge in [0.2, 0.25) is 0 Å². The van der Waals surface area contributed by atoms with Crippen LogP contribution in [0, 0.1) is 0 Å². The van der Waals surface area contributed by atoms with Gasteiger partial charge in [-0.15, -0.1) is 10.2 Å². The van der Waals surface area contributed by atoms with Crippen LogP contribution in [0.25, 0.3) is 33.1 Å². The normalized spacial score (nSPS) is 19.0. The summed E-state index contributed by atoms with van der Waals surface area (Å²) >= 11 is 0. The minimum absolute atomic E-state index is 0.0953. The molecule has 2 aliphatic heterocycles. The minimum Gasteiger partial charge on any atom is -0.508 e. The molecule has 49 heavy (non-hydrogen) atoms. The first-order chi connectivity index (χ1) is 23.4. The second-order valence-corrected chi connectivity index (χ2v) is 14.1. The van der Waals surface area contributed by atoms with Crippen molar-refractivity contribution in [2.75, 3.05) is 32.2 Å². The average molecular weight is 665 g/mol. The molecule has 0 aliphatic carbocycles. The van der Waals surface area contributed by atoms with E-state index in [4.69, 9.17) is 19.3 Å². The van der Waals surface area contributed by atoms with Crippen molar-refractivity contribution in [2.24, 2.45) is 0 Å². The van der Waals surface area contributed by atoms with Crippen molar-refractivity contribution in [3.63, 3.8) is 0 Å². The molecule has 3 aromatic carbocycles. The molecular weight excluding hydrogens is 624 g/mol. The number of nitrogens with zero attached hydrogens (tertiary/aromatic N) is 6. The van der Waals surface area contributed by atoms with E-state index in [-0.39, 0.29) is 24.4 Å². The summed E-state index contributed by atoms with van der Waals surface area (Å²) in [4.78, 5) is 36.0. The van der Waals surface area contributed by atoms with Crippen LogP contribution in [-0.4, -0.2) is 80.3 Å². The number of ether oxygens (including phenoxy) is 3. The van der Waals surface area contributed by atoms with Crippen molar-refractivity contribution in [1.82, 2.24) is 24.6 Å². The molecule has 4 heterocycles. The molecule has 254 valence electrons. The van der Waals surface area contributed by atoms with Gasteiger partial charge >= 0.3 is 11.8 Å². The number of phenolic OH excluding ortho intramolecular Hbond substituents is 1. The first-order valence-electron chi connectivity index (χ1n) is 16.4. The smallest absolute Gasteiger partial charge is 0.411 e. The van der Waals surface area contributed by atoms with Crippen LogP contribution in [0.2, 0.25) is 0 Å². The number of aromatic hydroxyl groups is 1. The standard InChI is InChI=1S/C37H40N6O6/c1-36(2,3)49-35(46)43-24-13-14-37(43,4)21-41(20-24)33-32-30(42(34(45)38-33)19-23-11-12-26(47-5)17-31(23)48-6)18-29(39-40-32)28-16-25(44)15-22-9-7-8-10-27(22)28/h7-12,15-18,24,44H,13-14,19-21H2,1-6H3/t24-,37+/m1/s1. The largest absolute Gasteiger partial charge is 0.508 e. The Morgan fingerprint density at radius 1 is 1.04 bits per heavy atom. The van der Waals surface area contributed by atoms with Gasteiger partial charge in [0.1, 0.15) is 22.8 Å². The third-order valence-corrected chi connectivity index (χ3v) is 9.47. The van der Waals surface area contributed by atoms with Crippen LogP contribution in [-0.2, 0) is 11.3 Å². The Labute approximate surface area is 283 Å². The van der Waals surface area contributed by atoms with Crippen molar-refractivity contribution in [1.29, 1.82) is 0 Å². The highest BCUT2D eigenvalue weighted by Gasteiger charge is 2.52. The van der Waals surface area contributed by atoms with E-state index in [1.807, 2.05) is 68.1 Å². The highest BCUT2D eigenvalue weighted by atomic mass is 16.6. The van der Waals surface area contributed by atoms with Gasteiger partial charge in [-0.05, 0) is 81.6 Å². The van der Waals surface area contributed by atoms with Crippen LogP contribution in [0.5, 0.6) is 17.2 Å². The number of carbonyl (C=O) groups excluding carboxylic acids is 1. The molecule has 1 amide bonds. The summed E-state index contributed by atoms with van der Waals surface area (Å²) in [5, 5.41) is 21.7. The van der Waals surface area contributed by atoms with Crippen molar-refractivity contribution in [2.45, 2.75) is 64.3 Å². The first-order valence-corrected chi connectivity index (χ1v) is 16.4. The van der Waals surface area contributed by atoms with Gasteiger partial charge in [0.25, 0.3) is 0 Å². The zero-order valence-corrected chi connectivity index (χ0v) is 28.6. The number of amides is 1. The van der Waals surface area contributed by atoms with E-state index in [9.17, 15) is 14.7 Å². The average Bonchev–Trinajstić information content (AvgIpc) is 3.28. The number of anilines is 1. The third kappa shape index (κ3) is 5.85. The molecule has 0 unspecified atom stereocenters. The number of benzene rings is 3. The number of methoxy groups -OCH3 is 2. The highest BCUT2D eigenvalue weighted by molar-refractivity contribution is 5.98. The molecule has 2 fully saturated rings. The second-order valence-electron chi connectivity index (χ2n) is 14.1. The van der Waals surface area contributed by atoms with Gasteiger partial charge in [0, 0.05) is 30.3 Å². The SMILES string of the molecule is COc1ccc(Cn2c(=O)nc(N3C[C@H]4CC[C@@](C)(C3)N4C(=O)OC(C)(C)C)c3nnc(-c4cc(O)cc5ccccc45)cc32)c(OC)c1. The van der Waals surface area contributed by atoms with Gasteiger partial charge in [-0.25, -0.2) is 9.59 Å². The first kappa shape index (κ1) is 32.2. The Morgan fingerprint density at radius 3 is 2.57 bits per heavy atom. The summed E-state index contributed by atoms with van der Waals surface area (Å²) in [5.41, 5.74) is 1.29. The molecule has 2 aromatic heterocycles. The van der Waals surface area contributed by atoms with Crippen LogP contribution in [0.1, 0.15) is 46.1 Å². The van der Waals surface area contributed by atoms with Gasteiger partial charge in [0.15, 0.2) is 11.3 Å². The number of phenols is 1. The maximum Gasteiger partial charge on any atom is 0.411 e. The lowest BCUT2D eigenvalue weighted by molar-refractivity contribution is -0.00279. The van der Waals surface area contributed by atoms with Crippen LogP contribution < -0.4 is 20.1 Å². The molecule has 2 aliphatic rings. The lowest BCUT2D eigenvalue weighted by Gasteiger charge is -2.47. The van der Waals surface area contributed by atoms with Gasteiger partial charge in [-0.2, -0.15) is 4.98 Å². The quantitative estimate of drug-likeness (QED) is 0.239. The monoisotopic (exact) mass is 664 g/mol. The number of fused-ring (bicyclic) bond motifs is 4. The molecule has 5 aromatic rings. The van der Waals surface area contributed by atoms with Gasteiger partial charge in [-0.3, -0.25) is 9.47 Å². The number of rotatable bonds is 6. The van der Waals surface area contributed by atoms with E-state index in [0.29, 0.717) is 52.7 Å². The summed E-state index contributed by atoms with van der Waals surface area (Å²) in [6.45, 7) is 8.71. The highest BCUT2D eigenvalue weighted by Crippen LogP contribution is 2.42. The van der Waals surface area contributed by atoms with Gasteiger partial charge in [0.05, 0.1) is 43.6 Å². The third-order valence-electron chi connectivity index (χ3n) is 9.47. The predicted octanol–water partition coefficient (Wildman–Crippen LogP) is 5.76. The molecule has 12 nitrogen and oxygen atoms in total. The maximum absolute atomic E-state index is 14.1.